The van der Waals surface area contributed by atoms with E-state index in [9.17, 15) is 12.8 Å². The Morgan fingerprint density at radius 3 is 2.71 bits per heavy atom. The largest absolute Gasteiger partial charge is 0.330 e. The van der Waals surface area contributed by atoms with E-state index in [0.717, 1.165) is 0 Å². The number of nitrogens with two attached hydrogens (primary N) is 1. The zero-order chi connectivity index (χ0) is 13.1. The van der Waals surface area contributed by atoms with Gasteiger partial charge in [0, 0.05) is 10.0 Å². The molecule has 0 spiro atoms. The van der Waals surface area contributed by atoms with Crippen LogP contribution in [0.5, 0.6) is 0 Å². The summed E-state index contributed by atoms with van der Waals surface area (Å²) in [6.45, 7) is 2.06. The average Bonchev–Trinajstić information content (AvgIpc) is 2.22. The quantitative estimate of drug-likeness (QED) is 0.902. The number of benzene rings is 1. The topological polar surface area (TPSA) is 60.2 Å². The molecule has 0 amide bonds. The molecule has 0 fully saturated rings. The first-order valence-electron chi connectivity index (χ1n) is 5.18. The van der Waals surface area contributed by atoms with E-state index in [0.29, 0.717) is 11.0 Å². The van der Waals surface area contributed by atoms with Gasteiger partial charge in [0.1, 0.15) is 5.82 Å². The van der Waals surface area contributed by atoms with Crippen molar-refractivity contribution < 1.29 is 12.8 Å². The van der Waals surface area contributed by atoms with Crippen LogP contribution in [0.15, 0.2) is 22.7 Å². The maximum Gasteiger partial charge on any atom is 0.154 e. The minimum atomic E-state index is -3.33. The molecule has 0 aliphatic heterocycles. The van der Waals surface area contributed by atoms with Crippen LogP contribution in [0.4, 0.5) is 4.39 Å². The fraction of sp³-hybridized carbons (Fsp3) is 0.455. The van der Waals surface area contributed by atoms with Crippen molar-refractivity contribution in [2.24, 2.45) is 11.7 Å². The van der Waals surface area contributed by atoms with Crippen molar-refractivity contribution in [3.63, 3.8) is 0 Å². The first-order valence-corrected chi connectivity index (χ1v) is 7.80. The van der Waals surface area contributed by atoms with Gasteiger partial charge in [0.05, 0.1) is 11.5 Å². The number of hydrogen-bond donors (Lipinski definition) is 1. The molecule has 0 saturated heterocycles. The Bertz CT molecular complexity index is 490. The van der Waals surface area contributed by atoms with E-state index in [4.69, 9.17) is 5.73 Å². The minimum absolute atomic E-state index is 0.0184. The Morgan fingerprint density at radius 1 is 1.47 bits per heavy atom. The van der Waals surface area contributed by atoms with Crippen molar-refractivity contribution in [2.75, 3.05) is 12.3 Å². The van der Waals surface area contributed by atoms with E-state index in [1.54, 1.807) is 6.92 Å². The maximum absolute atomic E-state index is 13.4. The van der Waals surface area contributed by atoms with Crippen LogP contribution in [-0.2, 0) is 15.6 Å². The summed E-state index contributed by atoms with van der Waals surface area (Å²) in [5.41, 5.74) is 5.56. The third-order valence-corrected chi connectivity index (χ3v) is 4.64. The van der Waals surface area contributed by atoms with E-state index in [-0.39, 0.29) is 23.0 Å². The van der Waals surface area contributed by atoms with Crippen molar-refractivity contribution in [3.8, 4) is 0 Å². The predicted octanol–water partition coefficient (Wildman–Crippen LogP) is 2.10. The van der Waals surface area contributed by atoms with Gasteiger partial charge in [-0.05, 0) is 30.7 Å². The molecule has 2 N–H and O–H groups in total. The van der Waals surface area contributed by atoms with E-state index in [1.165, 1.54) is 18.2 Å². The van der Waals surface area contributed by atoms with Crippen molar-refractivity contribution in [3.05, 3.63) is 34.1 Å². The molecule has 3 nitrogen and oxygen atoms in total. The van der Waals surface area contributed by atoms with Gasteiger partial charge in [0.2, 0.25) is 0 Å². The van der Waals surface area contributed by atoms with Crippen LogP contribution in [0.25, 0.3) is 0 Å². The van der Waals surface area contributed by atoms with Gasteiger partial charge in [0.25, 0.3) is 0 Å². The molecule has 0 bridgehead atoms. The Hall–Kier alpha value is -0.460. The van der Waals surface area contributed by atoms with Crippen LogP contribution in [0.3, 0.4) is 0 Å². The van der Waals surface area contributed by atoms with Crippen molar-refractivity contribution in [1.29, 1.82) is 0 Å². The van der Waals surface area contributed by atoms with Gasteiger partial charge in [0.15, 0.2) is 9.84 Å². The number of hydrogen-bond acceptors (Lipinski definition) is 3. The Morgan fingerprint density at radius 2 is 2.12 bits per heavy atom. The van der Waals surface area contributed by atoms with Gasteiger partial charge in [-0.25, -0.2) is 12.8 Å². The highest BCUT2D eigenvalue weighted by molar-refractivity contribution is 9.10. The zero-order valence-electron chi connectivity index (χ0n) is 9.49. The molecule has 0 radical (unpaired) electrons. The predicted molar refractivity (Wildman–Crippen MR) is 69.8 cm³/mol. The van der Waals surface area contributed by atoms with Gasteiger partial charge in [-0.15, -0.1) is 0 Å². The second-order valence-electron chi connectivity index (χ2n) is 4.13. The minimum Gasteiger partial charge on any atom is -0.330 e. The van der Waals surface area contributed by atoms with E-state index >= 15 is 0 Å². The highest BCUT2D eigenvalue weighted by atomic mass is 79.9. The smallest absolute Gasteiger partial charge is 0.154 e. The third-order valence-electron chi connectivity index (χ3n) is 2.32. The fourth-order valence-electron chi connectivity index (χ4n) is 1.45. The maximum atomic E-state index is 13.4. The molecule has 0 heterocycles. The van der Waals surface area contributed by atoms with Gasteiger partial charge in [-0.2, -0.15) is 0 Å². The molecular weight excluding hydrogens is 309 g/mol. The summed E-state index contributed by atoms with van der Waals surface area (Å²) in [7, 11) is -3.33. The average molecular weight is 324 g/mol. The molecule has 17 heavy (non-hydrogen) atoms. The van der Waals surface area contributed by atoms with Gasteiger partial charge < -0.3 is 5.73 Å². The lowest BCUT2D eigenvalue weighted by Gasteiger charge is -2.10. The molecule has 96 valence electrons. The van der Waals surface area contributed by atoms with Crippen LogP contribution in [0, 0.1) is 11.7 Å². The standard InChI is InChI=1S/C11H15BrFNO2S/c1-8(5-14)6-17(15,16)7-9-4-10(12)2-3-11(9)13/h2-4,8H,5-7,14H2,1H3. The number of halogens is 2. The molecule has 1 unspecified atom stereocenters. The second kappa shape index (κ2) is 5.93. The summed E-state index contributed by atoms with van der Waals surface area (Å²) in [5, 5.41) is 0. The summed E-state index contributed by atoms with van der Waals surface area (Å²) in [4.78, 5) is 0. The summed E-state index contributed by atoms with van der Waals surface area (Å²) in [5.74, 6) is -0.926. The lowest BCUT2D eigenvalue weighted by atomic mass is 10.2. The summed E-state index contributed by atoms with van der Waals surface area (Å²) < 4.78 is 37.7. The van der Waals surface area contributed by atoms with Crippen LogP contribution < -0.4 is 5.73 Å². The normalized spacial score (nSPS) is 13.6. The molecule has 1 aromatic rings. The van der Waals surface area contributed by atoms with Crippen LogP contribution in [0.2, 0.25) is 0 Å². The summed E-state index contributed by atoms with van der Waals surface area (Å²) in [6.07, 6.45) is 0. The molecule has 1 rings (SSSR count). The second-order valence-corrected chi connectivity index (χ2v) is 7.16. The van der Waals surface area contributed by atoms with Crippen LogP contribution >= 0.6 is 15.9 Å². The molecule has 1 aromatic carbocycles. The molecule has 6 heteroatoms. The van der Waals surface area contributed by atoms with Crippen molar-refractivity contribution in [2.45, 2.75) is 12.7 Å². The zero-order valence-corrected chi connectivity index (χ0v) is 11.9. The molecule has 0 aliphatic rings. The molecule has 0 aromatic heterocycles. The molecule has 1 atom stereocenters. The number of sulfone groups is 1. The van der Waals surface area contributed by atoms with E-state index < -0.39 is 15.7 Å². The monoisotopic (exact) mass is 323 g/mol. The molecule has 0 aliphatic carbocycles. The lowest BCUT2D eigenvalue weighted by molar-refractivity contribution is 0.568. The van der Waals surface area contributed by atoms with Crippen molar-refractivity contribution in [1.82, 2.24) is 0 Å². The highest BCUT2D eigenvalue weighted by Gasteiger charge is 2.18. The molecule has 0 saturated carbocycles. The Labute approximate surface area is 109 Å². The highest BCUT2D eigenvalue weighted by Crippen LogP contribution is 2.18. The van der Waals surface area contributed by atoms with E-state index in [2.05, 4.69) is 15.9 Å². The lowest BCUT2D eigenvalue weighted by Crippen LogP contribution is -2.22. The molecular formula is C11H15BrFNO2S. The van der Waals surface area contributed by atoms with Crippen LogP contribution in [0.1, 0.15) is 12.5 Å². The van der Waals surface area contributed by atoms with Gasteiger partial charge in [-0.1, -0.05) is 22.9 Å². The fourth-order valence-corrected chi connectivity index (χ4v) is 3.68. The number of rotatable bonds is 5. The van der Waals surface area contributed by atoms with Crippen molar-refractivity contribution >= 4 is 25.8 Å². The van der Waals surface area contributed by atoms with E-state index in [1.807, 2.05) is 0 Å². The van der Waals surface area contributed by atoms with Crippen LogP contribution in [-0.4, -0.2) is 20.7 Å². The van der Waals surface area contributed by atoms with Gasteiger partial charge >= 0.3 is 0 Å². The SMILES string of the molecule is CC(CN)CS(=O)(=O)Cc1cc(Br)ccc1F. The Balaban J connectivity index is 2.86. The first kappa shape index (κ1) is 14.6. The van der Waals surface area contributed by atoms with Gasteiger partial charge in [-0.3, -0.25) is 0 Å². The summed E-state index contributed by atoms with van der Waals surface area (Å²) >= 11 is 3.19. The summed E-state index contributed by atoms with van der Waals surface area (Å²) in [6, 6.07) is 4.27. The Kier molecular flexibility index (Phi) is 5.09. The third kappa shape index (κ3) is 4.73. The first-order chi connectivity index (χ1) is 7.84.